The minimum atomic E-state index is -0.384. The van der Waals surface area contributed by atoms with Gasteiger partial charge in [0.1, 0.15) is 5.60 Å². The first-order valence-electron chi connectivity index (χ1n) is 5.10. The molecule has 0 aromatic rings. The van der Waals surface area contributed by atoms with Crippen molar-refractivity contribution in [2.24, 2.45) is 0 Å². The molecule has 0 heterocycles. The number of ether oxygens (including phenoxy) is 1. The molecule has 0 aliphatic heterocycles. The molecule has 0 aromatic carbocycles. The lowest BCUT2D eigenvalue weighted by Crippen LogP contribution is -2.24. The summed E-state index contributed by atoms with van der Waals surface area (Å²) in [5.41, 5.74) is 3.10. The second-order valence-corrected chi connectivity index (χ2v) is 5.00. The Balaban J connectivity index is 2.11. The zero-order valence-electron chi connectivity index (χ0n) is 9.02. The maximum absolute atomic E-state index is 11.7. The van der Waals surface area contributed by atoms with Crippen LogP contribution in [0.1, 0.15) is 40.0 Å². The van der Waals surface area contributed by atoms with Gasteiger partial charge < -0.3 is 4.74 Å². The van der Waals surface area contributed by atoms with Crippen LogP contribution in [0.2, 0.25) is 0 Å². The van der Waals surface area contributed by atoms with Gasteiger partial charge in [-0.25, -0.2) is 4.79 Å². The molecule has 2 bridgehead atoms. The maximum Gasteiger partial charge on any atom is 0.338 e. The molecule has 0 radical (unpaired) electrons. The highest BCUT2D eigenvalue weighted by molar-refractivity contribution is 5.94. The lowest BCUT2D eigenvalue weighted by molar-refractivity contribution is -0.149. The first-order valence-corrected chi connectivity index (χ1v) is 5.10. The van der Waals surface area contributed by atoms with E-state index in [1.165, 1.54) is 11.1 Å². The summed E-state index contributed by atoms with van der Waals surface area (Å²) in [4.78, 5) is 11.7. The summed E-state index contributed by atoms with van der Waals surface area (Å²) >= 11 is 0. The predicted octanol–water partition coefficient (Wildman–Crippen LogP) is 2.75. The van der Waals surface area contributed by atoms with Crippen LogP contribution in [0.3, 0.4) is 0 Å². The third-order valence-corrected chi connectivity index (χ3v) is 2.54. The van der Waals surface area contributed by atoms with Gasteiger partial charge in [0, 0.05) is 0 Å². The molecule has 2 aliphatic carbocycles. The van der Waals surface area contributed by atoms with Crippen LogP contribution in [0.5, 0.6) is 0 Å². The largest absolute Gasteiger partial charge is 0.456 e. The van der Waals surface area contributed by atoms with Crippen molar-refractivity contribution in [3.63, 3.8) is 0 Å². The second kappa shape index (κ2) is 2.97. The molecule has 1 saturated carbocycles. The molecular weight excluding hydrogens is 176 g/mol. The number of carbonyl (C=O) groups is 1. The van der Waals surface area contributed by atoms with Gasteiger partial charge in [-0.1, -0.05) is 11.1 Å². The molecule has 0 saturated heterocycles. The molecule has 14 heavy (non-hydrogen) atoms. The Labute approximate surface area is 84.6 Å². The van der Waals surface area contributed by atoms with E-state index in [1.807, 2.05) is 26.8 Å². The van der Waals surface area contributed by atoms with Crippen molar-refractivity contribution in [3.8, 4) is 0 Å². The molecule has 2 heteroatoms. The SMILES string of the molecule is CC(C)(C)OC(=O)C1=C2CCC(=C1)C2. The Morgan fingerprint density at radius 3 is 2.50 bits per heavy atom. The van der Waals surface area contributed by atoms with Gasteiger partial charge in [0.25, 0.3) is 0 Å². The average molecular weight is 192 g/mol. The van der Waals surface area contributed by atoms with Gasteiger partial charge >= 0.3 is 5.97 Å². The lowest BCUT2D eigenvalue weighted by Gasteiger charge is -2.20. The highest BCUT2D eigenvalue weighted by atomic mass is 16.6. The molecule has 0 unspecified atom stereocenters. The number of carbonyl (C=O) groups excluding carboxylic acids is 1. The van der Waals surface area contributed by atoms with Crippen LogP contribution in [-0.4, -0.2) is 11.6 Å². The van der Waals surface area contributed by atoms with Crippen LogP contribution in [0.25, 0.3) is 0 Å². The van der Waals surface area contributed by atoms with E-state index < -0.39 is 0 Å². The molecular formula is C12H16O2. The molecule has 2 nitrogen and oxygen atoms in total. The number of hydrogen-bond acceptors (Lipinski definition) is 2. The van der Waals surface area contributed by atoms with Gasteiger partial charge in [-0.05, 0) is 46.1 Å². The fourth-order valence-electron chi connectivity index (χ4n) is 1.96. The molecule has 0 amide bonds. The van der Waals surface area contributed by atoms with E-state index >= 15 is 0 Å². The Morgan fingerprint density at radius 1 is 1.36 bits per heavy atom. The smallest absolute Gasteiger partial charge is 0.338 e. The maximum atomic E-state index is 11.7. The fourth-order valence-corrected chi connectivity index (χ4v) is 1.96. The normalized spacial score (nSPS) is 20.1. The quantitative estimate of drug-likeness (QED) is 0.597. The van der Waals surface area contributed by atoms with Crippen molar-refractivity contribution in [2.75, 3.05) is 0 Å². The third-order valence-electron chi connectivity index (χ3n) is 2.54. The van der Waals surface area contributed by atoms with E-state index in [0.29, 0.717) is 0 Å². The highest BCUT2D eigenvalue weighted by Crippen LogP contribution is 2.39. The van der Waals surface area contributed by atoms with Crippen LogP contribution in [0.15, 0.2) is 22.8 Å². The standard InChI is InChI=1S/C12H16O2/c1-12(2,3)14-11(13)10-7-8-4-5-9(10)6-8/h7H,4-6H2,1-3H3. The first kappa shape index (κ1) is 9.50. The Morgan fingerprint density at radius 2 is 2.07 bits per heavy atom. The van der Waals surface area contributed by atoms with Crippen LogP contribution in [-0.2, 0) is 9.53 Å². The van der Waals surface area contributed by atoms with E-state index in [4.69, 9.17) is 4.74 Å². The first-order chi connectivity index (χ1) is 6.46. The van der Waals surface area contributed by atoms with Crippen LogP contribution in [0.4, 0.5) is 0 Å². The topological polar surface area (TPSA) is 26.3 Å². The molecule has 0 atom stereocenters. The number of rotatable bonds is 1. The molecule has 2 rings (SSSR count). The molecule has 1 fully saturated rings. The Hall–Kier alpha value is -1.05. The lowest BCUT2D eigenvalue weighted by atomic mass is 10.1. The second-order valence-electron chi connectivity index (χ2n) is 5.00. The minimum Gasteiger partial charge on any atom is -0.456 e. The van der Waals surface area contributed by atoms with Gasteiger partial charge in [0.05, 0.1) is 5.57 Å². The summed E-state index contributed by atoms with van der Waals surface area (Å²) in [5, 5.41) is 0. The summed E-state index contributed by atoms with van der Waals surface area (Å²) in [6.07, 6.45) is 5.21. The molecule has 2 aliphatic rings. The van der Waals surface area contributed by atoms with Gasteiger partial charge in [-0.3, -0.25) is 0 Å². The number of esters is 1. The van der Waals surface area contributed by atoms with Crippen LogP contribution >= 0.6 is 0 Å². The molecule has 0 spiro atoms. The van der Waals surface area contributed by atoms with E-state index in [0.717, 1.165) is 24.8 Å². The van der Waals surface area contributed by atoms with E-state index in [1.54, 1.807) is 0 Å². The number of allylic oxidation sites excluding steroid dienone is 2. The Bertz CT molecular complexity index is 340. The summed E-state index contributed by atoms with van der Waals surface area (Å²) in [6, 6.07) is 0. The summed E-state index contributed by atoms with van der Waals surface area (Å²) in [6.45, 7) is 5.70. The minimum absolute atomic E-state index is 0.151. The zero-order chi connectivity index (χ0) is 10.3. The summed E-state index contributed by atoms with van der Waals surface area (Å²) in [5.74, 6) is -0.151. The van der Waals surface area contributed by atoms with Crippen molar-refractivity contribution >= 4 is 5.97 Å². The number of fused-ring (bicyclic) bond motifs is 2. The van der Waals surface area contributed by atoms with Gasteiger partial charge in [0.15, 0.2) is 0 Å². The third kappa shape index (κ3) is 1.74. The monoisotopic (exact) mass is 192 g/mol. The number of hydrogen-bond donors (Lipinski definition) is 0. The zero-order valence-corrected chi connectivity index (χ0v) is 9.02. The average Bonchev–Trinajstić information content (AvgIpc) is 2.59. The van der Waals surface area contributed by atoms with Crippen LogP contribution < -0.4 is 0 Å². The summed E-state index contributed by atoms with van der Waals surface area (Å²) in [7, 11) is 0. The molecule has 0 aromatic heterocycles. The predicted molar refractivity (Wildman–Crippen MR) is 54.8 cm³/mol. The summed E-state index contributed by atoms with van der Waals surface area (Å²) < 4.78 is 5.33. The van der Waals surface area contributed by atoms with Crippen molar-refractivity contribution < 1.29 is 9.53 Å². The molecule has 0 N–H and O–H groups in total. The van der Waals surface area contributed by atoms with Gasteiger partial charge in [-0.15, -0.1) is 0 Å². The van der Waals surface area contributed by atoms with Crippen molar-refractivity contribution in [1.82, 2.24) is 0 Å². The Kier molecular flexibility index (Phi) is 2.02. The van der Waals surface area contributed by atoms with E-state index in [9.17, 15) is 4.79 Å². The van der Waals surface area contributed by atoms with Crippen molar-refractivity contribution in [3.05, 3.63) is 22.8 Å². The fraction of sp³-hybridized carbons (Fsp3) is 0.583. The van der Waals surface area contributed by atoms with Crippen LogP contribution in [0, 0.1) is 0 Å². The van der Waals surface area contributed by atoms with Gasteiger partial charge in [0.2, 0.25) is 0 Å². The van der Waals surface area contributed by atoms with Crippen molar-refractivity contribution in [1.29, 1.82) is 0 Å². The van der Waals surface area contributed by atoms with Gasteiger partial charge in [-0.2, -0.15) is 0 Å². The van der Waals surface area contributed by atoms with Crippen molar-refractivity contribution in [2.45, 2.75) is 45.6 Å². The highest BCUT2D eigenvalue weighted by Gasteiger charge is 2.29. The molecule has 76 valence electrons. The van der Waals surface area contributed by atoms with E-state index in [-0.39, 0.29) is 11.6 Å². The van der Waals surface area contributed by atoms with E-state index in [2.05, 4.69) is 0 Å².